The number of sulfonamides is 1. The largest absolute Gasteiger partial charge is 0.396 e. The molecule has 0 saturated carbocycles. The topological polar surface area (TPSA) is 81.4 Å². The fourth-order valence-corrected chi connectivity index (χ4v) is 3.63. The van der Waals surface area contributed by atoms with Crippen LogP contribution in [0.4, 0.5) is 10.1 Å². The highest BCUT2D eigenvalue weighted by Crippen LogP contribution is 2.29. The van der Waals surface area contributed by atoms with E-state index in [1.54, 1.807) is 0 Å². The summed E-state index contributed by atoms with van der Waals surface area (Å²) >= 11 is 0. The summed E-state index contributed by atoms with van der Waals surface area (Å²) in [6.07, 6.45) is 1.61. The standard InChI is InChI=1S/C14H21FN2O3S/c1-10-7-11(8-12(16)13(10)15)21(18,19)17-9-14(2)3-5-20-6-4-14/h7-8,17H,3-6,9,16H2,1-2H3. The van der Waals surface area contributed by atoms with Crippen LogP contribution in [-0.4, -0.2) is 28.2 Å². The van der Waals surface area contributed by atoms with Gasteiger partial charge >= 0.3 is 0 Å². The predicted molar refractivity (Wildman–Crippen MR) is 78.9 cm³/mol. The SMILES string of the molecule is Cc1cc(S(=O)(=O)NCC2(C)CCOCC2)cc(N)c1F. The van der Waals surface area contributed by atoms with Crippen molar-refractivity contribution in [2.45, 2.75) is 31.6 Å². The Morgan fingerprint density at radius 2 is 2.00 bits per heavy atom. The van der Waals surface area contributed by atoms with E-state index in [4.69, 9.17) is 10.5 Å². The lowest BCUT2D eigenvalue weighted by Gasteiger charge is -2.33. The molecule has 118 valence electrons. The molecule has 1 saturated heterocycles. The molecule has 1 aliphatic heterocycles. The number of nitrogen functional groups attached to an aromatic ring is 1. The lowest BCUT2D eigenvalue weighted by Crippen LogP contribution is -2.39. The summed E-state index contributed by atoms with van der Waals surface area (Å²) in [6.45, 7) is 5.13. The second-order valence-electron chi connectivity index (χ2n) is 5.89. The van der Waals surface area contributed by atoms with Gasteiger partial charge in [0.25, 0.3) is 0 Å². The maximum atomic E-state index is 13.5. The van der Waals surface area contributed by atoms with Crippen molar-refractivity contribution in [2.75, 3.05) is 25.5 Å². The van der Waals surface area contributed by atoms with Gasteiger partial charge in [0.1, 0.15) is 5.82 Å². The van der Waals surface area contributed by atoms with Gasteiger partial charge in [0.15, 0.2) is 0 Å². The summed E-state index contributed by atoms with van der Waals surface area (Å²) in [7, 11) is -3.70. The molecular weight excluding hydrogens is 295 g/mol. The highest BCUT2D eigenvalue weighted by Gasteiger charge is 2.29. The Hall–Kier alpha value is -1.18. The van der Waals surface area contributed by atoms with E-state index in [2.05, 4.69) is 4.72 Å². The van der Waals surface area contributed by atoms with E-state index in [0.717, 1.165) is 18.9 Å². The van der Waals surface area contributed by atoms with Gasteiger partial charge in [-0.05, 0) is 42.9 Å². The van der Waals surface area contributed by atoms with Crippen molar-refractivity contribution in [3.8, 4) is 0 Å². The van der Waals surface area contributed by atoms with Crippen LogP contribution in [0.15, 0.2) is 17.0 Å². The van der Waals surface area contributed by atoms with Crippen LogP contribution in [-0.2, 0) is 14.8 Å². The average Bonchev–Trinajstić information content (AvgIpc) is 2.43. The Bertz CT molecular complexity index is 602. The molecule has 0 amide bonds. The molecule has 2 rings (SSSR count). The minimum Gasteiger partial charge on any atom is -0.396 e. The highest BCUT2D eigenvalue weighted by atomic mass is 32.2. The van der Waals surface area contributed by atoms with E-state index in [1.807, 2.05) is 6.92 Å². The van der Waals surface area contributed by atoms with Crippen molar-refractivity contribution in [3.05, 3.63) is 23.5 Å². The third-order valence-electron chi connectivity index (χ3n) is 3.96. The van der Waals surface area contributed by atoms with Crippen LogP contribution in [0.25, 0.3) is 0 Å². The van der Waals surface area contributed by atoms with Crippen LogP contribution >= 0.6 is 0 Å². The summed E-state index contributed by atoms with van der Waals surface area (Å²) in [5.74, 6) is -0.578. The molecule has 0 spiro atoms. The number of hydrogen-bond donors (Lipinski definition) is 2. The van der Waals surface area contributed by atoms with Crippen LogP contribution < -0.4 is 10.5 Å². The quantitative estimate of drug-likeness (QED) is 0.830. The molecular formula is C14H21FN2O3S. The molecule has 21 heavy (non-hydrogen) atoms. The monoisotopic (exact) mass is 316 g/mol. The van der Waals surface area contributed by atoms with Crippen molar-refractivity contribution >= 4 is 15.7 Å². The van der Waals surface area contributed by atoms with E-state index in [-0.39, 0.29) is 21.6 Å². The number of halogens is 1. The number of aryl methyl sites for hydroxylation is 1. The normalized spacial score (nSPS) is 18.6. The van der Waals surface area contributed by atoms with Crippen LogP contribution in [0.2, 0.25) is 0 Å². The summed E-state index contributed by atoms with van der Waals surface area (Å²) in [5, 5.41) is 0. The number of nitrogens with one attached hydrogen (secondary N) is 1. The molecule has 5 nitrogen and oxygen atoms in total. The van der Waals surface area contributed by atoms with E-state index in [1.165, 1.54) is 13.0 Å². The van der Waals surface area contributed by atoms with E-state index < -0.39 is 15.8 Å². The fourth-order valence-electron chi connectivity index (χ4n) is 2.31. The van der Waals surface area contributed by atoms with Crippen molar-refractivity contribution in [1.29, 1.82) is 0 Å². The van der Waals surface area contributed by atoms with Gasteiger partial charge in [0.05, 0.1) is 10.6 Å². The number of nitrogens with two attached hydrogens (primary N) is 1. The first-order valence-corrected chi connectivity index (χ1v) is 8.35. The fraction of sp³-hybridized carbons (Fsp3) is 0.571. The Morgan fingerprint density at radius 3 is 2.57 bits per heavy atom. The van der Waals surface area contributed by atoms with Crippen molar-refractivity contribution in [1.82, 2.24) is 4.72 Å². The van der Waals surface area contributed by atoms with Crippen molar-refractivity contribution < 1.29 is 17.5 Å². The highest BCUT2D eigenvalue weighted by molar-refractivity contribution is 7.89. The molecule has 1 aromatic rings. The zero-order chi connectivity index (χ0) is 15.7. The molecule has 1 aliphatic rings. The molecule has 1 aromatic carbocycles. The van der Waals surface area contributed by atoms with Crippen LogP contribution in [0.3, 0.4) is 0 Å². The van der Waals surface area contributed by atoms with Crippen molar-refractivity contribution in [2.24, 2.45) is 5.41 Å². The predicted octanol–water partition coefficient (Wildman–Crippen LogP) is 1.81. The lowest BCUT2D eigenvalue weighted by molar-refractivity contribution is 0.0265. The maximum Gasteiger partial charge on any atom is 0.240 e. The smallest absolute Gasteiger partial charge is 0.240 e. The molecule has 0 aromatic heterocycles. The van der Waals surface area contributed by atoms with E-state index >= 15 is 0 Å². The van der Waals surface area contributed by atoms with Gasteiger partial charge in [-0.2, -0.15) is 0 Å². The molecule has 3 N–H and O–H groups in total. The number of rotatable bonds is 4. The molecule has 7 heteroatoms. The molecule has 1 fully saturated rings. The minimum atomic E-state index is -3.70. The maximum absolute atomic E-state index is 13.5. The first-order chi connectivity index (χ1) is 9.73. The molecule has 0 aliphatic carbocycles. The molecule has 1 heterocycles. The Balaban J connectivity index is 2.15. The summed E-state index contributed by atoms with van der Waals surface area (Å²) in [4.78, 5) is -0.00504. The van der Waals surface area contributed by atoms with Crippen LogP contribution in [0.5, 0.6) is 0 Å². The molecule has 0 radical (unpaired) electrons. The van der Waals surface area contributed by atoms with Gasteiger partial charge in [0, 0.05) is 19.8 Å². The van der Waals surface area contributed by atoms with Crippen molar-refractivity contribution in [3.63, 3.8) is 0 Å². The average molecular weight is 316 g/mol. The summed E-state index contributed by atoms with van der Waals surface area (Å²) in [5.41, 5.74) is 5.44. The third kappa shape index (κ3) is 3.72. The first-order valence-electron chi connectivity index (χ1n) is 6.87. The van der Waals surface area contributed by atoms with E-state index in [0.29, 0.717) is 19.8 Å². The first kappa shape index (κ1) is 16.2. The number of ether oxygens (including phenoxy) is 1. The Kier molecular flexibility index (Phi) is 4.55. The van der Waals surface area contributed by atoms with Gasteiger partial charge in [0.2, 0.25) is 10.0 Å². The molecule has 0 unspecified atom stereocenters. The van der Waals surface area contributed by atoms with Gasteiger partial charge in [-0.3, -0.25) is 0 Å². The van der Waals surface area contributed by atoms with Crippen LogP contribution in [0.1, 0.15) is 25.3 Å². The number of benzene rings is 1. The zero-order valence-corrected chi connectivity index (χ0v) is 13.1. The Labute approximate surface area is 124 Å². The van der Waals surface area contributed by atoms with Gasteiger partial charge in [-0.25, -0.2) is 17.5 Å². The third-order valence-corrected chi connectivity index (χ3v) is 5.34. The molecule has 0 bridgehead atoms. The summed E-state index contributed by atoms with van der Waals surface area (Å²) < 4.78 is 46.0. The summed E-state index contributed by atoms with van der Waals surface area (Å²) in [6, 6.07) is 2.44. The second kappa shape index (κ2) is 5.90. The second-order valence-corrected chi connectivity index (χ2v) is 7.66. The lowest BCUT2D eigenvalue weighted by atomic mass is 9.83. The van der Waals surface area contributed by atoms with Gasteiger partial charge in [-0.1, -0.05) is 6.92 Å². The number of anilines is 1. The number of hydrogen-bond acceptors (Lipinski definition) is 4. The zero-order valence-electron chi connectivity index (χ0n) is 12.3. The van der Waals surface area contributed by atoms with Crippen LogP contribution in [0, 0.1) is 18.2 Å². The van der Waals surface area contributed by atoms with Gasteiger partial charge < -0.3 is 10.5 Å². The molecule has 0 atom stereocenters. The Morgan fingerprint density at radius 1 is 1.38 bits per heavy atom. The van der Waals surface area contributed by atoms with Gasteiger partial charge in [-0.15, -0.1) is 0 Å². The van der Waals surface area contributed by atoms with E-state index in [9.17, 15) is 12.8 Å². The minimum absolute atomic E-state index is 0.00504.